The van der Waals surface area contributed by atoms with Crippen molar-refractivity contribution in [3.63, 3.8) is 0 Å². The molecule has 1 aliphatic rings. The van der Waals surface area contributed by atoms with Gasteiger partial charge in [0, 0.05) is 25.6 Å². The maximum absolute atomic E-state index is 11.1. The largest absolute Gasteiger partial charge is 0.460 e. The van der Waals surface area contributed by atoms with E-state index in [0.717, 1.165) is 25.5 Å². The second kappa shape index (κ2) is 15.2. The molecule has 0 spiro atoms. The predicted molar refractivity (Wildman–Crippen MR) is 88.8 cm³/mol. The number of nitrogens with zero attached hydrogens (tertiary/aromatic N) is 1. The van der Waals surface area contributed by atoms with Crippen LogP contribution in [-0.4, -0.2) is 56.4 Å². The average Bonchev–Trinajstić information content (AvgIpc) is 2.78. The lowest BCUT2D eigenvalue weighted by molar-refractivity contribution is -0.139. The summed E-state index contributed by atoms with van der Waals surface area (Å²) in [5, 5.41) is 0. The highest BCUT2D eigenvalue weighted by Gasteiger charge is 2.12. The molecule has 0 N–H and O–H groups in total. The quantitative estimate of drug-likeness (QED) is 0.369. The molecule has 0 saturated carbocycles. The number of hydrogen-bond acceptors (Lipinski definition) is 5. The molecule has 1 saturated heterocycles. The predicted octanol–water partition coefficient (Wildman–Crippen LogP) is 2.30. The smallest absolute Gasteiger partial charge is 0.330 e. The van der Waals surface area contributed by atoms with Gasteiger partial charge in [0.25, 0.3) is 0 Å². The van der Waals surface area contributed by atoms with Crippen LogP contribution >= 0.6 is 0 Å². The summed E-state index contributed by atoms with van der Waals surface area (Å²) in [6.07, 6.45) is 6.80. The zero-order valence-corrected chi connectivity index (χ0v) is 14.1. The molecule has 1 rings (SSSR count). The summed E-state index contributed by atoms with van der Waals surface area (Å²) in [6.45, 7) is 12.1. The lowest BCUT2D eigenvalue weighted by Crippen LogP contribution is -2.23. The summed E-state index contributed by atoms with van der Waals surface area (Å²) in [5.41, 5.74) is 0. The van der Waals surface area contributed by atoms with E-state index in [2.05, 4.69) is 17.9 Å². The van der Waals surface area contributed by atoms with Gasteiger partial charge in [0.2, 0.25) is 5.91 Å². The lowest BCUT2D eigenvalue weighted by Gasteiger charge is -2.13. The maximum Gasteiger partial charge on any atom is 0.330 e. The maximum atomic E-state index is 11.1. The first-order valence-corrected chi connectivity index (χ1v) is 8.02. The molecule has 1 amide bonds. The number of ether oxygens (including phenoxy) is 3. The summed E-state index contributed by atoms with van der Waals surface area (Å²) in [7, 11) is 0. The third-order valence-corrected chi connectivity index (χ3v) is 3.05. The molecule has 1 aliphatic heterocycles. The molecule has 0 aromatic heterocycles. The monoisotopic (exact) mass is 327 g/mol. The second-order valence-electron chi connectivity index (χ2n) is 4.76. The third-order valence-electron chi connectivity index (χ3n) is 3.05. The third kappa shape index (κ3) is 12.6. The van der Waals surface area contributed by atoms with Crippen LogP contribution in [-0.2, 0) is 23.8 Å². The minimum Gasteiger partial charge on any atom is -0.460 e. The minimum atomic E-state index is -0.423. The highest BCUT2D eigenvalue weighted by molar-refractivity contribution is 5.81. The molecule has 0 aliphatic carbocycles. The van der Waals surface area contributed by atoms with Gasteiger partial charge in [0.05, 0.1) is 19.8 Å². The average molecular weight is 327 g/mol. The Kier molecular flexibility index (Phi) is 14.1. The SMILES string of the molecule is C=CC(=O)OCCOCCOCC.C=CN1CCCCCC1=O. The summed E-state index contributed by atoms with van der Waals surface area (Å²) < 4.78 is 14.8. The fraction of sp³-hybridized carbons (Fsp3) is 0.647. The number of esters is 1. The fourth-order valence-electron chi connectivity index (χ4n) is 1.82. The number of carbonyl (C=O) groups excluding carboxylic acids is 2. The van der Waals surface area contributed by atoms with Crippen molar-refractivity contribution in [2.75, 3.05) is 39.6 Å². The number of hydrogen-bond donors (Lipinski definition) is 0. The summed E-state index contributed by atoms with van der Waals surface area (Å²) in [4.78, 5) is 23.3. The normalized spacial score (nSPS) is 14.3. The van der Waals surface area contributed by atoms with Crippen LogP contribution in [0.15, 0.2) is 25.4 Å². The highest BCUT2D eigenvalue weighted by atomic mass is 16.6. The molecule has 1 fully saturated rings. The van der Waals surface area contributed by atoms with Crippen molar-refractivity contribution >= 4 is 11.9 Å². The van der Waals surface area contributed by atoms with Crippen LogP contribution in [0.2, 0.25) is 0 Å². The van der Waals surface area contributed by atoms with Gasteiger partial charge in [0.1, 0.15) is 6.61 Å². The van der Waals surface area contributed by atoms with Gasteiger partial charge in [-0.2, -0.15) is 0 Å². The van der Waals surface area contributed by atoms with E-state index in [1.165, 1.54) is 6.42 Å². The molecular weight excluding hydrogens is 298 g/mol. The van der Waals surface area contributed by atoms with Gasteiger partial charge in [-0.25, -0.2) is 4.79 Å². The first-order chi connectivity index (χ1) is 11.2. The van der Waals surface area contributed by atoms with E-state index in [1.807, 2.05) is 6.92 Å². The van der Waals surface area contributed by atoms with Crippen LogP contribution in [0.5, 0.6) is 0 Å². The van der Waals surface area contributed by atoms with Crippen molar-refractivity contribution in [1.29, 1.82) is 0 Å². The van der Waals surface area contributed by atoms with Gasteiger partial charge < -0.3 is 19.1 Å². The molecular formula is C17H29NO5. The first kappa shape index (κ1) is 21.3. The van der Waals surface area contributed by atoms with Gasteiger partial charge in [-0.05, 0) is 26.0 Å². The van der Waals surface area contributed by atoms with Crippen molar-refractivity contribution in [3.8, 4) is 0 Å². The Morgan fingerprint density at radius 1 is 1.13 bits per heavy atom. The van der Waals surface area contributed by atoms with Crippen molar-refractivity contribution in [3.05, 3.63) is 25.4 Å². The Bertz CT molecular complexity index is 357. The van der Waals surface area contributed by atoms with Gasteiger partial charge in [-0.15, -0.1) is 0 Å². The first-order valence-electron chi connectivity index (χ1n) is 8.02. The topological polar surface area (TPSA) is 65.1 Å². The molecule has 6 nitrogen and oxygen atoms in total. The molecule has 0 atom stereocenters. The van der Waals surface area contributed by atoms with E-state index < -0.39 is 5.97 Å². The van der Waals surface area contributed by atoms with Crippen molar-refractivity contribution in [1.82, 2.24) is 4.90 Å². The van der Waals surface area contributed by atoms with Crippen LogP contribution in [0.25, 0.3) is 0 Å². The zero-order valence-electron chi connectivity index (χ0n) is 14.1. The van der Waals surface area contributed by atoms with E-state index in [-0.39, 0.29) is 12.5 Å². The van der Waals surface area contributed by atoms with E-state index in [4.69, 9.17) is 9.47 Å². The van der Waals surface area contributed by atoms with Crippen molar-refractivity contribution in [2.24, 2.45) is 0 Å². The number of carbonyl (C=O) groups is 2. The van der Waals surface area contributed by atoms with Crippen molar-refractivity contribution < 1.29 is 23.8 Å². The molecule has 6 heteroatoms. The van der Waals surface area contributed by atoms with Crippen molar-refractivity contribution in [2.45, 2.75) is 32.6 Å². The molecule has 0 unspecified atom stereocenters. The highest BCUT2D eigenvalue weighted by Crippen LogP contribution is 2.10. The summed E-state index contributed by atoms with van der Waals surface area (Å²) in [5.74, 6) is -0.194. The Morgan fingerprint density at radius 3 is 2.48 bits per heavy atom. The fourth-order valence-corrected chi connectivity index (χ4v) is 1.82. The molecule has 1 heterocycles. The summed E-state index contributed by atoms with van der Waals surface area (Å²) >= 11 is 0. The minimum absolute atomic E-state index is 0.229. The molecule has 0 aromatic carbocycles. The molecule has 0 bridgehead atoms. The summed E-state index contributed by atoms with van der Waals surface area (Å²) in [6, 6.07) is 0. The molecule has 0 radical (unpaired) electrons. The molecule has 132 valence electrons. The van der Waals surface area contributed by atoms with Crippen LogP contribution in [0.3, 0.4) is 0 Å². The number of amides is 1. The Balaban J connectivity index is 0.000000433. The van der Waals surface area contributed by atoms with Gasteiger partial charge >= 0.3 is 5.97 Å². The Hall–Kier alpha value is -1.66. The Morgan fingerprint density at radius 2 is 1.83 bits per heavy atom. The standard InChI is InChI=1S/C9H16O4.C8H13NO/c1-3-9(10)13-8-7-12-6-5-11-4-2;1-2-9-7-5-3-4-6-8(9)10/h3H,1,4-8H2,2H3;2H,1,3-7H2. The van der Waals surface area contributed by atoms with Gasteiger partial charge in [-0.1, -0.05) is 19.6 Å². The van der Waals surface area contributed by atoms with Gasteiger partial charge in [-0.3, -0.25) is 4.79 Å². The van der Waals surface area contributed by atoms with Crippen LogP contribution in [0.4, 0.5) is 0 Å². The molecule has 0 aromatic rings. The second-order valence-corrected chi connectivity index (χ2v) is 4.76. The number of likely N-dealkylation sites (tertiary alicyclic amines) is 1. The number of rotatable bonds is 9. The zero-order chi connectivity index (χ0) is 17.3. The van der Waals surface area contributed by atoms with Crippen LogP contribution < -0.4 is 0 Å². The van der Waals surface area contributed by atoms with E-state index >= 15 is 0 Å². The van der Waals surface area contributed by atoms with E-state index in [9.17, 15) is 9.59 Å². The van der Waals surface area contributed by atoms with E-state index in [1.54, 1.807) is 11.1 Å². The molecule has 23 heavy (non-hydrogen) atoms. The van der Waals surface area contributed by atoms with Crippen LogP contribution in [0, 0.1) is 0 Å². The van der Waals surface area contributed by atoms with E-state index in [0.29, 0.717) is 32.8 Å². The van der Waals surface area contributed by atoms with Gasteiger partial charge in [0.15, 0.2) is 0 Å². The Labute approximate surface area is 139 Å². The van der Waals surface area contributed by atoms with Crippen LogP contribution in [0.1, 0.15) is 32.6 Å². The lowest BCUT2D eigenvalue weighted by atomic mass is 10.2.